The van der Waals surface area contributed by atoms with Crippen LogP contribution in [-0.4, -0.2) is 138 Å². The molecule has 19 nitrogen and oxygen atoms in total. The third-order valence-electron chi connectivity index (χ3n) is 8.94. The Morgan fingerprint density at radius 1 is 0.807 bits per heavy atom. The van der Waals surface area contributed by atoms with Crippen molar-refractivity contribution in [2.75, 3.05) is 46.2 Å². The maximum atomic E-state index is 13.3. The van der Waals surface area contributed by atoms with Gasteiger partial charge in [0.15, 0.2) is 0 Å². The van der Waals surface area contributed by atoms with E-state index in [0.29, 0.717) is 16.2 Å². The largest absolute Gasteiger partial charge is 0.445 e. The highest BCUT2D eigenvalue weighted by atomic mass is 16.6. The number of hydrogen-bond acceptors (Lipinski definition) is 11. The van der Waals surface area contributed by atoms with E-state index in [2.05, 4.69) is 26.6 Å². The molecule has 0 radical (unpaired) electrons. The molecule has 1 heterocycles. The Labute approximate surface area is 334 Å². The molecule has 0 aliphatic carbocycles. The second-order valence-corrected chi connectivity index (χ2v) is 14.9. The number of nitrogens with one attached hydrogen (secondary N) is 5. The van der Waals surface area contributed by atoms with Gasteiger partial charge < -0.3 is 41.3 Å². The number of aliphatic hydroxyl groups excluding tert-OH is 1. The highest BCUT2D eigenvalue weighted by Gasteiger charge is 2.35. The zero-order valence-corrected chi connectivity index (χ0v) is 34.0. The quantitative estimate of drug-likeness (QED) is 0.0936. The van der Waals surface area contributed by atoms with Gasteiger partial charge in [0.25, 0.3) is 0 Å². The molecule has 0 saturated carbocycles. The minimum Gasteiger partial charge on any atom is -0.445 e. The predicted octanol–water partition coefficient (Wildman–Crippen LogP) is -0.280. The first kappa shape index (κ1) is 45.8. The summed E-state index contributed by atoms with van der Waals surface area (Å²) in [5.74, 6) is -5.95. The summed E-state index contributed by atoms with van der Waals surface area (Å²) < 4.78 is 13.0. The third-order valence-corrected chi connectivity index (χ3v) is 8.94. The standard InChI is InChI=1S/C38H58N8O11/c1-21(2)31(42-27(48)16-17-39-28(49)18-46-29(50)14-15-30(46)51)35(53)41-26(19-47)34(52)40-25-12-10-24(11-13-25)20-57-38(56)45(9)33(23(5)6)36(54)43-32(22(3)4)37(55)44(7)8/h10-13,21-23,26,31-33,47H,14-20H2,1-9H3,(H,39,49)(H,40,52)(H,41,53)(H,42,48)(H,43,54)/t26-,31-,32-,33-/m0/s1/i14T/t14?,26-,31-,32-,33-. The molecule has 1 unspecified atom stereocenters. The lowest BCUT2D eigenvalue weighted by molar-refractivity contribution is -0.142. The Hall–Kier alpha value is -5.59. The van der Waals surface area contributed by atoms with E-state index in [1.807, 2.05) is 13.8 Å². The number of carbonyl (C=O) groups excluding carboxylic acids is 9. The normalized spacial score (nSPS) is 16.3. The average molecular weight is 805 g/mol. The fraction of sp³-hybridized carbons (Fsp3) is 0.605. The van der Waals surface area contributed by atoms with Crippen molar-refractivity contribution in [3.8, 4) is 0 Å². The third kappa shape index (κ3) is 14.5. The van der Waals surface area contributed by atoms with Crippen LogP contribution in [0.3, 0.4) is 0 Å². The molecule has 1 aliphatic rings. The maximum Gasteiger partial charge on any atom is 0.410 e. The molecule has 2 rings (SSSR count). The number of imide groups is 1. The summed E-state index contributed by atoms with van der Waals surface area (Å²) in [7, 11) is 4.62. The molecule has 6 N–H and O–H groups in total. The van der Waals surface area contributed by atoms with E-state index in [1.165, 1.54) is 29.0 Å². The molecule has 0 bridgehead atoms. The molecule has 1 aromatic rings. The fourth-order valence-corrected chi connectivity index (χ4v) is 5.67. The lowest BCUT2D eigenvalue weighted by Gasteiger charge is -2.32. The van der Waals surface area contributed by atoms with Gasteiger partial charge in [0, 0.05) is 54.0 Å². The first-order valence-electron chi connectivity index (χ1n) is 19.2. The Morgan fingerprint density at radius 3 is 1.93 bits per heavy atom. The van der Waals surface area contributed by atoms with Crippen molar-refractivity contribution in [2.45, 2.75) is 91.6 Å². The fourth-order valence-electron chi connectivity index (χ4n) is 5.67. The topological polar surface area (TPSA) is 253 Å². The molecule has 0 spiro atoms. The Kier molecular flexibility index (Phi) is 17.9. The molecule has 316 valence electrons. The van der Waals surface area contributed by atoms with Crippen molar-refractivity contribution in [1.82, 2.24) is 36.0 Å². The number of likely N-dealkylation sites (N-methyl/N-ethyl adjacent to an activating group) is 2. The Morgan fingerprint density at radius 2 is 1.42 bits per heavy atom. The van der Waals surface area contributed by atoms with Crippen LogP contribution in [0.15, 0.2) is 24.3 Å². The van der Waals surface area contributed by atoms with Crippen LogP contribution in [0.4, 0.5) is 10.5 Å². The zero-order valence-electron chi connectivity index (χ0n) is 35.0. The van der Waals surface area contributed by atoms with Gasteiger partial charge in [0.2, 0.25) is 47.3 Å². The van der Waals surface area contributed by atoms with E-state index < -0.39 is 97.1 Å². The second-order valence-electron chi connectivity index (χ2n) is 14.9. The predicted molar refractivity (Wildman–Crippen MR) is 206 cm³/mol. The summed E-state index contributed by atoms with van der Waals surface area (Å²) >= 11 is 0. The monoisotopic (exact) mass is 804 g/mol. The van der Waals surface area contributed by atoms with Crippen molar-refractivity contribution >= 4 is 59.0 Å². The van der Waals surface area contributed by atoms with Gasteiger partial charge in [0.05, 0.1) is 6.61 Å². The number of nitrogens with zero attached hydrogens (tertiary/aromatic N) is 3. The van der Waals surface area contributed by atoms with E-state index in [9.17, 15) is 48.3 Å². The van der Waals surface area contributed by atoms with Gasteiger partial charge in [-0.25, -0.2) is 4.79 Å². The number of rotatable bonds is 20. The lowest BCUT2D eigenvalue weighted by Crippen LogP contribution is -2.57. The number of benzene rings is 1. The molecule has 1 aromatic carbocycles. The van der Waals surface area contributed by atoms with Crippen molar-refractivity contribution < 1.29 is 54.4 Å². The minimum atomic E-state index is -1.40. The number of aliphatic hydroxyl groups is 1. The zero-order chi connectivity index (χ0) is 44.0. The molecule has 0 aromatic heterocycles. The van der Waals surface area contributed by atoms with Crippen molar-refractivity contribution in [3.05, 3.63) is 29.8 Å². The Balaban J connectivity index is 1.91. The van der Waals surface area contributed by atoms with Crippen LogP contribution in [0, 0.1) is 17.8 Å². The number of anilines is 1. The number of carbonyl (C=O) groups is 9. The summed E-state index contributed by atoms with van der Waals surface area (Å²) in [4.78, 5) is 117. The number of hydrogen-bond donors (Lipinski definition) is 6. The molecular weight excluding hydrogens is 744 g/mol. The molecule has 1 saturated heterocycles. The first-order chi connectivity index (χ1) is 27.1. The van der Waals surface area contributed by atoms with E-state index >= 15 is 0 Å². The minimum absolute atomic E-state index is 0.171. The second kappa shape index (κ2) is 22.2. The van der Waals surface area contributed by atoms with E-state index in [1.54, 1.807) is 53.9 Å². The first-order valence-corrected chi connectivity index (χ1v) is 18.6. The lowest BCUT2D eigenvalue weighted by atomic mass is 9.99. The van der Waals surface area contributed by atoms with Crippen LogP contribution < -0.4 is 26.6 Å². The van der Waals surface area contributed by atoms with Crippen LogP contribution >= 0.6 is 0 Å². The molecule has 1 fully saturated rings. The van der Waals surface area contributed by atoms with Crippen molar-refractivity contribution in [2.24, 2.45) is 17.8 Å². The molecular formula is C38H58N8O11. The van der Waals surface area contributed by atoms with E-state index in [4.69, 9.17) is 6.11 Å². The van der Waals surface area contributed by atoms with Crippen molar-refractivity contribution in [3.63, 3.8) is 0 Å². The smallest absolute Gasteiger partial charge is 0.410 e. The molecule has 19 heteroatoms. The van der Waals surface area contributed by atoms with E-state index in [0.717, 1.165) is 0 Å². The number of likely N-dealkylation sites (tertiary alicyclic amines) is 1. The van der Waals surface area contributed by atoms with Crippen LogP contribution in [0.2, 0.25) is 0 Å². The van der Waals surface area contributed by atoms with Gasteiger partial charge >= 0.3 is 6.09 Å². The van der Waals surface area contributed by atoms with Gasteiger partial charge in [-0.05, 0) is 35.4 Å². The molecule has 57 heavy (non-hydrogen) atoms. The number of amides is 9. The average Bonchev–Trinajstić information content (AvgIpc) is 3.38. The van der Waals surface area contributed by atoms with Crippen LogP contribution in [0.5, 0.6) is 0 Å². The van der Waals surface area contributed by atoms with Gasteiger partial charge in [-0.15, -0.1) is 0 Å². The van der Waals surface area contributed by atoms with Crippen LogP contribution in [-0.2, 0) is 49.7 Å². The van der Waals surface area contributed by atoms with Crippen molar-refractivity contribution in [1.29, 1.82) is 0 Å². The Bertz CT molecular complexity index is 1670. The highest BCUT2D eigenvalue weighted by molar-refractivity contribution is 6.04. The summed E-state index contributed by atoms with van der Waals surface area (Å²) in [5.41, 5.74) is 0.838. The SMILES string of the molecule is [3H]C1CC(=O)N(CC(=O)NCCC(=O)N[C@H](C(=O)N[C@@H](CO)C(=O)Nc2ccc(COC(=O)N(C)[C@H](C(=O)N[C@H](C(=O)N(C)C)C(C)C)C(C)C)cc2)C(C)C)C1=O. The molecule has 5 atom stereocenters. The van der Waals surface area contributed by atoms with Gasteiger partial charge in [-0.1, -0.05) is 53.7 Å². The van der Waals surface area contributed by atoms with Gasteiger partial charge in [0.1, 0.15) is 37.3 Å². The molecule has 9 amide bonds. The maximum absolute atomic E-state index is 13.3. The highest BCUT2D eigenvalue weighted by Crippen LogP contribution is 2.16. The summed E-state index contributed by atoms with van der Waals surface area (Å²) in [6, 6.07) is 1.96. The van der Waals surface area contributed by atoms with Gasteiger partial charge in [-0.2, -0.15) is 0 Å². The summed E-state index contributed by atoms with van der Waals surface area (Å²) in [6.07, 6.45) is -2.57. The van der Waals surface area contributed by atoms with Crippen LogP contribution in [0.1, 0.15) is 67.7 Å². The molecule has 1 aliphatic heterocycles. The number of ether oxygens (including phenoxy) is 1. The van der Waals surface area contributed by atoms with E-state index in [-0.39, 0.29) is 43.7 Å². The van der Waals surface area contributed by atoms with Crippen LogP contribution in [0.25, 0.3) is 0 Å². The summed E-state index contributed by atoms with van der Waals surface area (Å²) in [5, 5.41) is 22.7. The summed E-state index contributed by atoms with van der Waals surface area (Å²) in [6.45, 7) is 8.77. The van der Waals surface area contributed by atoms with Gasteiger partial charge in [-0.3, -0.25) is 48.2 Å².